The van der Waals surface area contributed by atoms with E-state index in [-0.39, 0.29) is 12.5 Å². The molecule has 102 valence electrons. The molecule has 0 atom stereocenters. The molecular weight excluding hydrogens is 276 g/mol. The molecule has 0 radical (unpaired) electrons. The number of amides is 1. The summed E-state index contributed by atoms with van der Waals surface area (Å²) in [7, 11) is -11.3. The van der Waals surface area contributed by atoms with Crippen LogP contribution in [0.3, 0.4) is 0 Å². The molecule has 1 rings (SSSR count). The highest BCUT2D eigenvalue weighted by Crippen LogP contribution is 2.57. The van der Waals surface area contributed by atoms with Crippen molar-refractivity contribution < 1.29 is 25.5 Å². The van der Waals surface area contributed by atoms with Gasteiger partial charge in [-0.1, -0.05) is 19.3 Å². The van der Waals surface area contributed by atoms with E-state index >= 15 is 0 Å². The first-order valence-corrected chi connectivity index (χ1v) is 8.62. The third-order valence-electron chi connectivity index (χ3n) is 2.74. The Balaban J connectivity index is 2.49. The Morgan fingerprint density at radius 3 is 2.24 bits per heavy atom. The Morgan fingerprint density at radius 1 is 1.24 bits per heavy atom. The van der Waals surface area contributed by atoms with Crippen LogP contribution in [0.25, 0.3) is 0 Å². The van der Waals surface area contributed by atoms with Crippen LogP contribution in [0.4, 0.5) is 12.6 Å². The Bertz CT molecular complexity index is 379. The summed E-state index contributed by atoms with van der Waals surface area (Å²) in [6, 6.07) is 0. The van der Waals surface area contributed by atoms with Crippen molar-refractivity contribution in [2.24, 2.45) is 5.92 Å². The number of rotatable bonds is 3. The van der Waals surface area contributed by atoms with Gasteiger partial charge in [0.05, 0.1) is 0 Å². The van der Waals surface area contributed by atoms with E-state index in [1.54, 1.807) is 0 Å². The standard InChI is InChI=1S/C8H15F2NO4S2/c9-16(10,17(13,14)15)8(12)11-6-7-4-2-1-3-5-7/h7H,1-6H2,(H,11,12)(H,13,14,15). The Labute approximate surface area is 100 Å². The highest BCUT2D eigenvalue weighted by molar-refractivity contribution is 8.90. The predicted molar refractivity (Wildman–Crippen MR) is 61.3 cm³/mol. The van der Waals surface area contributed by atoms with Crippen LogP contribution < -0.4 is 5.32 Å². The first kappa shape index (κ1) is 14.7. The van der Waals surface area contributed by atoms with E-state index in [1.807, 2.05) is 5.32 Å². The first-order valence-electron chi connectivity index (χ1n) is 5.23. The molecule has 9 heteroatoms. The Hall–Kier alpha value is -0.410. The minimum absolute atomic E-state index is 0.0386. The molecule has 5 nitrogen and oxygen atoms in total. The van der Waals surface area contributed by atoms with Gasteiger partial charge in [0.1, 0.15) is 0 Å². The third-order valence-corrected chi connectivity index (χ3v) is 5.89. The van der Waals surface area contributed by atoms with Crippen LogP contribution in [0.1, 0.15) is 32.1 Å². The molecule has 0 aliphatic heterocycles. The number of hydrogen-bond acceptors (Lipinski definition) is 3. The second-order valence-corrected chi connectivity index (χ2v) is 8.61. The fourth-order valence-electron chi connectivity index (χ4n) is 1.80. The third kappa shape index (κ3) is 3.78. The number of carbonyl (C=O) groups is 1. The summed E-state index contributed by atoms with van der Waals surface area (Å²) in [5.74, 6) is 0.115. The molecule has 0 aromatic carbocycles. The van der Waals surface area contributed by atoms with E-state index in [0.29, 0.717) is 0 Å². The van der Waals surface area contributed by atoms with E-state index in [9.17, 15) is 21.0 Å². The van der Waals surface area contributed by atoms with Gasteiger partial charge in [0.15, 0.2) is 0 Å². The van der Waals surface area contributed by atoms with Crippen LogP contribution in [-0.4, -0.2) is 24.8 Å². The fourth-order valence-corrected chi connectivity index (χ4v) is 2.99. The summed E-state index contributed by atoms with van der Waals surface area (Å²) in [5, 5.41) is 0.0244. The lowest BCUT2D eigenvalue weighted by Gasteiger charge is -2.23. The SMILES string of the molecule is O=C(NCC1CCCCC1)S(F)(F)S(=O)(=O)O. The average Bonchev–Trinajstić information content (AvgIpc) is 2.25. The zero-order chi connectivity index (χ0) is 13.1. The first-order chi connectivity index (χ1) is 7.75. The van der Waals surface area contributed by atoms with Gasteiger partial charge in [-0.15, -0.1) is 7.77 Å². The van der Waals surface area contributed by atoms with Crippen LogP contribution in [0.2, 0.25) is 0 Å². The number of nitrogens with one attached hydrogen (secondary N) is 1. The number of hydrogen-bond donors (Lipinski definition) is 2. The van der Waals surface area contributed by atoms with Gasteiger partial charge in [-0.3, -0.25) is 9.35 Å². The molecule has 2 N–H and O–H groups in total. The van der Waals surface area contributed by atoms with Crippen molar-refractivity contribution in [2.75, 3.05) is 6.54 Å². The van der Waals surface area contributed by atoms with E-state index in [0.717, 1.165) is 32.1 Å². The molecule has 0 saturated heterocycles. The van der Waals surface area contributed by atoms with Crippen molar-refractivity contribution >= 4 is 24.2 Å². The van der Waals surface area contributed by atoms with Gasteiger partial charge in [0.2, 0.25) is 0 Å². The van der Waals surface area contributed by atoms with Gasteiger partial charge >= 0.3 is 14.4 Å². The molecule has 1 amide bonds. The lowest BCUT2D eigenvalue weighted by Crippen LogP contribution is -2.32. The highest BCUT2D eigenvalue weighted by atomic mass is 33.2. The quantitative estimate of drug-likeness (QED) is 0.618. The average molecular weight is 291 g/mol. The highest BCUT2D eigenvalue weighted by Gasteiger charge is 2.46. The van der Waals surface area contributed by atoms with Crippen LogP contribution in [0.15, 0.2) is 0 Å². The summed E-state index contributed by atoms with van der Waals surface area (Å²) in [4.78, 5) is 11.0. The lowest BCUT2D eigenvalue weighted by atomic mass is 9.89. The zero-order valence-electron chi connectivity index (χ0n) is 9.06. The molecule has 0 bridgehead atoms. The minimum Gasteiger partial charge on any atom is -0.343 e. The lowest BCUT2D eigenvalue weighted by molar-refractivity contribution is 0.254. The molecule has 0 unspecified atom stereocenters. The molecule has 1 saturated carbocycles. The van der Waals surface area contributed by atoms with Crippen molar-refractivity contribution in [3.63, 3.8) is 0 Å². The van der Waals surface area contributed by atoms with Gasteiger partial charge in [-0.2, -0.15) is 8.42 Å². The number of halogens is 2. The van der Waals surface area contributed by atoms with Crippen LogP contribution >= 0.6 is 9.83 Å². The summed E-state index contributed by atoms with van der Waals surface area (Å²) < 4.78 is 54.7. The van der Waals surface area contributed by atoms with Crippen molar-refractivity contribution in [3.8, 4) is 0 Å². The predicted octanol–water partition coefficient (Wildman–Crippen LogP) is 2.65. The molecule has 0 aromatic heterocycles. The van der Waals surface area contributed by atoms with Crippen molar-refractivity contribution in [1.82, 2.24) is 5.32 Å². The number of carbonyl (C=O) groups excluding carboxylic acids is 1. The molecule has 0 heterocycles. The second-order valence-electron chi connectivity index (χ2n) is 4.02. The van der Waals surface area contributed by atoms with Gasteiger partial charge in [0, 0.05) is 6.54 Å². The topological polar surface area (TPSA) is 83.5 Å². The molecule has 17 heavy (non-hydrogen) atoms. The van der Waals surface area contributed by atoms with E-state index in [1.165, 1.54) is 0 Å². The monoisotopic (exact) mass is 291 g/mol. The molecule has 1 aliphatic carbocycles. The summed E-state index contributed by atoms with van der Waals surface area (Å²) in [5.41, 5.74) is 0. The fraction of sp³-hybridized carbons (Fsp3) is 0.875. The van der Waals surface area contributed by atoms with Gasteiger partial charge in [0.25, 0.3) is 9.83 Å². The van der Waals surface area contributed by atoms with Crippen LogP contribution in [0, 0.1) is 5.92 Å². The summed E-state index contributed by atoms with van der Waals surface area (Å²) in [6.45, 7) is 0.0386. The minimum atomic E-state index is -5.70. The van der Waals surface area contributed by atoms with E-state index < -0.39 is 24.2 Å². The summed E-state index contributed by atoms with van der Waals surface area (Å²) >= 11 is 0. The van der Waals surface area contributed by atoms with E-state index in [4.69, 9.17) is 4.55 Å². The normalized spacial score (nSPS) is 19.9. The maximum Gasteiger partial charge on any atom is 0.363 e. The van der Waals surface area contributed by atoms with Gasteiger partial charge in [-0.25, -0.2) is 0 Å². The van der Waals surface area contributed by atoms with Crippen molar-refractivity contribution in [1.29, 1.82) is 0 Å². The zero-order valence-corrected chi connectivity index (χ0v) is 10.7. The van der Waals surface area contributed by atoms with Crippen LogP contribution in [-0.2, 0) is 9.15 Å². The molecule has 1 aliphatic rings. The second kappa shape index (κ2) is 5.49. The Kier molecular flexibility index (Phi) is 4.73. The van der Waals surface area contributed by atoms with Crippen molar-refractivity contribution in [2.45, 2.75) is 32.1 Å². The smallest absolute Gasteiger partial charge is 0.343 e. The van der Waals surface area contributed by atoms with Gasteiger partial charge in [-0.05, 0) is 18.8 Å². The van der Waals surface area contributed by atoms with E-state index in [2.05, 4.69) is 0 Å². The Morgan fingerprint density at radius 2 is 1.76 bits per heavy atom. The van der Waals surface area contributed by atoms with Crippen LogP contribution in [0.5, 0.6) is 0 Å². The molecule has 0 spiro atoms. The molecular formula is C8H15F2NO4S2. The maximum atomic E-state index is 12.9. The largest absolute Gasteiger partial charge is 0.363 e. The van der Waals surface area contributed by atoms with Gasteiger partial charge < -0.3 is 5.32 Å². The molecule has 0 aromatic rings. The summed E-state index contributed by atoms with van der Waals surface area (Å²) in [6.07, 6.45) is 4.75. The maximum absolute atomic E-state index is 12.9. The molecule has 1 fully saturated rings. The van der Waals surface area contributed by atoms with Crippen molar-refractivity contribution in [3.05, 3.63) is 0 Å².